The van der Waals surface area contributed by atoms with Gasteiger partial charge < -0.3 is 14.4 Å². The van der Waals surface area contributed by atoms with Crippen LogP contribution in [0.15, 0.2) is 40.9 Å². The summed E-state index contributed by atoms with van der Waals surface area (Å²) in [5.41, 5.74) is 1.57. The first-order valence-corrected chi connectivity index (χ1v) is 7.92. The van der Waals surface area contributed by atoms with Crippen LogP contribution in [0.2, 0.25) is 0 Å². The Bertz CT molecular complexity index is 868. The second kappa shape index (κ2) is 5.92. The quantitative estimate of drug-likeness (QED) is 0.796. The minimum atomic E-state index is -0.246. The van der Waals surface area contributed by atoms with Gasteiger partial charge in [-0.25, -0.2) is 0 Å². The molecule has 0 saturated carbocycles. The average molecular weight is 323 g/mol. The summed E-state index contributed by atoms with van der Waals surface area (Å²) in [6.45, 7) is 2.60. The van der Waals surface area contributed by atoms with Crippen LogP contribution >= 0.6 is 0 Å². The van der Waals surface area contributed by atoms with Crippen LogP contribution in [-0.2, 0) is 13.0 Å². The normalized spacial score (nSPS) is 16.6. The fourth-order valence-electron chi connectivity index (χ4n) is 2.96. The molecule has 1 aromatic carbocycles. The van der Waals surface area contributed by atoms with Crippen molar-refractivity contribution in [1.82, 2.24) is 25.2 Å². The lowest BCUT2D eigenvalue weighted by Crippen LogP contribution is -2.41. The number of benzene rings is 1. The van der Waals surface area contributed by atoms with E-state index in [4.69, 9.17) is 4.52 Å². The predicted molar refractivity (Wildman–Crippen MR) is 86.3 cm³/mol. The van der Waals surface area contributed by atoms with E-state index in [1.807, 2.05) is 41.8 Å². The summed E-state index contributed by atoms with van der Waals surface area (Å²) in [5.74, 6) is 1.82. The molecule has 7 heteroatoms. The van der Waals surface area contributed by atoms with Crippen molar-refractivity contribution in [1.29, 1.82) is 0 Å². The molecule has 122 valence electrons. The standard InChI is InChI=1S/C17H17N5O2/c1-11-19-20-16-8-7-13(10-22(11)16)18-17(23)15-9-14(21-24-15)12-5-3-2-4-6-12/h2-6,9,13H,7-8,10H2,1H3,(H,18,23). The molecule has 2 aromatic heterocycles. The van der Waals surface area contributed by atoms with E-state index in [1.165, 1.54) is 0 Å². The largest absolute Gasteiger partial charge is 0.350 e. The molecular formula is C17H17N5O2. The maximum absolute atomic E-state index is 12.4. The Morgan fingerprint density at radius 3 is 2.96 bits per heavy atom. The molecule has 0 saturated heterocycles. The third kappa shape index (κ3) is 2.68. The van der Waals surface area contributed by atoms with Crippen LogP contribution in [0.25, 0.3) is 11.3 Å². The molecule has 0 aliphatic carbocycles. The molecule has 7 nitrogen and oxygen atoms in total. The number of nitrogens with one attached hydrogen (secondary N) is 1. The third-order valence-corrected chi connectivity index (χ3v) is 4.27. The fraction of sp³-hybridized carbons (Fsp3) is 0.294. The zero-order chi connectivity index (χ0) is 16.5. The molecule has 0 radical (unpaired) electrons. The van der Waals surface area contributed by atoms with E-state index in [0.717, 1.165) is 30.1 Å². The second-order valence-electron chi connectivity index (χ2n) is 5.93. The van der Waals surface area contributed by atoms with Crippen molar-refractivity contribution in [2.45, 2.75) is 32.4 Å². The van der Waals surface area contributed by atoms with Gasteiger partial charge in [-0.2, -0.15) is 0 Å². The first-order valence-electron chi connectivity index (χ1n) is 7.92. The average Bonchev–Trinajstić information content (AvgIpc) is 3.24. The SMILES string of the molecule is Cc1nnc2n1CC(NC(=O)c1cc(-c3ccccc3)no1)CC2. The molecule has 0 bridgehead atoms. The molecule has 0 spiro atoms. The zero-order valence-electron chi connectivity index (χ0n) is 13.3. The van der Waals surface area contributed by atoms with Gasteiger partial charge in [0.1, 0.15) is 17.3 Å². The Morgan fingerprint density at radius 2 is 2.12 bits per heavy atom. The second-order valence-corrected chi connectivity index (χ2v) is 5.93. The molecule has 4 rings (SSSR count). The summed E-state index contributed by atoms with van der Waals surface area (Å²) in [5, 5.41) is 15.2. The highest BCUT2D eigenvalue weighted by molar-refractivity contribution is 5.92. The highest BCUT2D eigenvalue weighted by Gasteiger charge is 2.24. The highest BCUT2D eigenvalue weighted by atomic mass is 16.5. The molecule has 1 N–H and O–H groups in total. The summed E-state index contributed by atoms with van der Waals surface area (Å²) in [6, 6.07) is 11.3. The first-order chi connectivity index (χ1) is 11.7. The van der Waals surface area contributed by atoms with Gasteiger partial charge in [-0.1, -0.05) is 35.5 Å². The van der Waals surface area contributed by atoms with Gasteiger partial charge in [-0.3, -0.25) is 4.79 Å². The van der Waals surface area contributed by atoms with E-state index >= 15 is 0 Å². The molecule has 1 atom stereocenters. The molecule has 24 heavy (non-hydrogen) atoms. The lowest BCUT2D eigenvalue weighted by Gasteiger charge is -2.24. The van der Waals surface area contributed by atoms with Gasteiger partial charge in [-0.05, 0) is 13.3 Å². The fourth-order valence-corrected chi connectivity index (χ4v) is 2.96. The number of hydrogen-bond donors (Lipinski definition) is 1. The number of rotatable bonds is 3. The predicted octanol–water partition coefficient (Wildman–Crippen LogP) is 1.99. The van der Waals surface area contributed by atoms with Gasteiger partial charge in [-0.15, -0.1) is 10.2 Å². The van der Waals surface area contributed by atoms with Crippen molar-refractivity contribution in [3.05, 3.63) is 53.8 Å². The molecule has 3 heterocycles. The van der Waals surface area contributed by atoms with Crippen molar-refractivity contribution in [2.75, 3.05) is 0 Å². The van der Waals surface area contributed by atoms with Crippen LogP contribution in [-0.4, -0.2) is 31.9 Å². The molecule has 1 amide bonds. The van der Waals surface area contributed by atoms with E-state index in [1.54, 1.807) is 6.07 Å². The first kappa shape index (κ1) is 14.6. The highest BCUT2D eigenvalue weighted by Crippen LogP contribution is 2.19. The minimum Gasteiger partial charge on any atom is -0.350 e. The van der Waals surface area contributed by atoms with E-state index < -0.39 is 0 Å². The Balaban J connectivity index is 1.46. The van der Waals surface area contributed by atoms with Crippen molar-refractivity contribution in [3.8, 4) is 11.3 Å². The van der Waals surface area contributed by atoms with Gasteiger partial charge >= 0.3 is 0 Å². The van der Waals surface area contributed by atoms with Crippen molar-refractivity contribution >= 4 is 5.91 Å². The Hall–Kier alpha value is -2.96. The number of aromatic nitrogens is 4. The maximum Gasteiger partial charge on any atom is 0.290 e. The number of fused-ring (bicyclic) bond motifs is 1. The van der Waals surface area contributed by atoms with Crippen LogP contribution in [0.5, 0.6) is 0 Å². The van der Waals surface area contributed by atoms with Gasteiger partial charge in [0, 0.05) is 30.6 Å². The molecule has 0 fully saturated rings. The minimum absolute atomic E-state index is 0.0324. The lowest BCUT2D eigenvalue weighted by molar-refractivity contribution is 0.0890. The number of amides is 1. The van der Waals surface area contributed by atoms with Crippen LogP contribution in [0.1, 0.15) is 28.6 Å². The van der Waals surface area contributed by atoms with Gasteiger partial charge in [0.25, 0.3) is 5.91 Å². The molecule has 1 unspecified atom stereocenters. The van der Waals surface area contributed by atoms with Crippen molar-refractivity contribution in [2.24, 2.45) is 0 Å². The van der Waals surface area contributed by atoms with Crippen molar-refractivity contribution in [3.63, 3.8) is 0 Å². The maximum atomic E-state index is 12.4. The van der Waals surface area contributed by atoms with E-state index in [2.05, 4.69) is 20.7 Å². The molecule has 3 aromatic rings. The van der Waals surface area contributed by atoms with Gasteiger partial charge in [0.05, 0.1) is 0 Å². The summed E-state index contributed by atoms with van der Waals surface area (Å²) >= 11 is 0. The molecule has 1 aliphatic rings. The van der Waals surface area contributed by atoms with Crippen LogP contribution in [0.4, 0.5) is 0 Å². The Kier molecular flexibility index (Phi) is 3.60. The number of nitrogens with zero attached hydrogens (tertiary/aromatic N) is 4. The monoisotopic (exact) mass is 323 g/mol. The Morgan fingerprint density at radius 1 is 1.29 bits per heavy atom. The number of hydrogen-bond acceptors (Lipinski definition) is 5. The number of carbonyl (C=O) groups excluding carboxylic acids is 1. The van der Waals surface area contributed by atoms with E-state index in [0.29, 0.717) is 12.2 Å². The van der Waals surface area contributed by atoms with E-state index in [-0.39, 0.29) is 17.7 Å². The van der Waals surface area contributed by atoms with Gasteiger partial charge in [0.2, 0.25) is 5.76 Å². The number of aryl methyl sites for hydroxylation is 2. The van der Waals surface area contributed by atoms with Gasteiger partial charge in [0.15, 0.2) is 0 Å². The van der Waals surface area contributed by atoms with Crippen LogP contribution in [0.3, 0.4) is 0 Å². The zero-order valence-corrected chi connectivity index (χ0v) is 13.3. The Labute approximate surface area is 138 Å². The summed E-state index contributed by atoms with van der Waals surface area (Å²) in [7, 11) is 0. The molecule has 1 aliphatic heterocycles. The summed E-state index contributed by atoms with van der Waals surface area (Å²) in [4.78, 5) is 12.4. The smallest absolute Gasteiger partial charge is 0.290 e. The lowest BCUT2D eigenvalue weighted by atomic mass is 10.1. The van der Waals surface area contributed by atoms with E-state index in [9.17, 15) is 4.79 Å². The van der Waals surface area contributed by atoms with Crippen LogP contribution in [0, 0.1) is 6.92 Å². The number of carbonyl (C=O) groups is 1. The molecular weight excluding hydrogens is 306 g/mol. The summed E-state index contributed by atoms with van der Waals surface area (Å²) < 4.78 is 7.25. The third-order valence-electron chi connectivity index (χ3n) is 4.27. The van der Waals surface area contributed by atoms with Crippen LogP contribution < -0.4 is 5.32 Å². The topological polar surface area (TPSA) is 85.8 Å². The van der Waals surface area contributed by atoms with Crippen molar-refractivity contribution < 1.29 is 9.32 Å². The summed E-state index contributed by atoms with van der Waals surface area (Å²) in [6.07, 6.45) is 1.64.